The third kappa shape index (κ3) is 8.43. The van der Waals surface area contributed by atoms with Gasteiger partial charge >= 0.3 is 6.09 Å². The normalized spacial score (nSPS) is 10.3. The van der Waals surface area contributed by atoms with Gasteiger partial charge in [0.25, 0.3) is 11.4 Å². The van der Waals surface area contributed by atoms with E-state index in [4.69, 9.17) is 21.9 Å². The Hall–Kier alpha value is -4.09. The second-order valence-electron chi connectivity index (χ2n) is 6.81. The minimum atomic E-state index is -0.733. The molecule has 29 heavy (non-hydrogen) atoms. The van der Waals surface area contributed by atoms with Gasteiger partial charge < -0.3 is 21.9 Å². The number of nitrogens with two attached hydrogens (primary N) is 3. The SMILES string of the molecule is CC(C)(C)OC(=O)Nc1cc(N)cc(N)c1.Nc1cc([N+](=O)[O-])cc([N+](=O)[O-])c1. The average Bonchev–Trinajstić information content (AvgIpc) is 2.51. The summed E-state index contributed by atoms with van der Waals surface area (Å²) in [5.41, 5.74) is 16.6. The molecule has 0 aliphatic carbocycles. The molecule has 0 aromatic heterocycles. The summed E-state index contributed by atoms with van der Waals surface area (Å²) in [4.78, 5) is 30.5. The van der Waals surface area contributed by atoms with E-state index in [1.807, 2.05) is 0 Å². The minimum Gasteiger partial charge on any atom is -0.444 e. The van der Waals surface area contributed by atoms with Crippen LogP contribution < -0.4 is 22.5 Å². The average molecular weight is 406 g/mol. The fourth-order valence-corrected chi connectivity index (χ4v) is 2.00. The molecule has 0 saturated carbocycles. The number of rotatable bonds is 3. The molecule has 0 radical (unpaired) electrons. The van der Waals surface area contributed by atoms with E-state index in [-0.39, 0.29) is 17.1 Å². The van der Waals surface area contributed by atoms with Crippen LogP contribution in [0.25, 0.3) is 0 Å². The first-order chi connectivity index (χ1) is 13.3. The van der Waals surface area contributed by atoms with Crippen molar-refractivity contribution in [2.75, 3.05) is 22.5 Å². The highest BCUT2D eigenvalue weighted by atomic mass is 16.6. The van der Waals surface area contributed by atoms with E-state index in [9.17, 15) is 25.0 Å². The molecule has 0 heterocycles. The van der Waals surface area contributed by atoms with E-state index < -0.39 is 21.5 Å². The molecule has 2 rings (SSSR count). The maximum atomic E-state index is 11.4. The number of benzene rings is 2. The number of carbonyl (C=O) groups excluding carboxylic acids is 1. The number of carbonyl (C=O) groups is 1. The van der Waals surface area contributed by atoms with E-state index in [1.54, 1.807) is 39.0 Å². The lowest BCUT2D eigenvalue weighted by Gasteiger charge is -2.19. The van der Waals surface area contributed by atoms with Crippen molar-refractivity contribution in [3.8, 4) is 0 Å². The molecule has 12 nitrogen and oxygen atoms in total. The molecule has 0 aliphatic rings. The molecular formula is C17H22N6O6. The molecule has 0 unspecified atom stereocenters. The van der Waals surface area contributed by atoms with Crippen molar-refractivity contribution in [3.63, 3.8) is 0 Å². The van der Waals surface area contributed by atoms with Crippen LogP contribution in [-0.4, -0.2) is 21.5 Å². The summed E-state index contributed by atoms with van der Waals surface area (Å²) in [5.74, 6) is 0. The maximum absolute atomic E-state index is 11.4. The zero-order valence-electron chi connectivity index (χ0n) is 16.0. The summed E-state index contributed by atoms with van der Waals surface area (Å²) in [6.45, 7) is 5.38. The molecule has 1 amide bonds. The molecule has 0 spiro atoms. The first-order valence-corrected chi connectivity index (χ1v) is 8.12. The number of amides is 1. The van der Waals surface area contributed by atoms with Crippen molar-refractivity contribution in [1.82, 2.24) is 0 Å². The first-order valence-electron chi connectivity index (χ1n) is 8.12. The van der Waals surface area contributed by atoms with E-state index >= 15 is 0 Å². The molecule has 156 valence electrons. The van der Waals surface area contributed by atoms with Gasteiger partial charge in [0.15, 0.2) is 0 Å². The number of nitrogens with one attached hydrogen (secondary N) is 1. The smallest absolute Gasteiger partial charge is 0.412 e. The van der Waals surface area contributed by atoms with Crippen LogP contribution in [-0.2, 0) is 4.74 Å². The van der Waals surface area contributed by atoms with Crippen LogP contribution in [0.15, 0.2) is 36.4 Å². The predicted octanol–water partition coefficient (Wildman–Crippen LogP) is 3.28. The van der Waals surface area contributed by atoms with Gasteiger partial charge in [0, 0.05) is 34.9 Å². The van der Waals surface area contributed by atoms with Gasteiger partial charge in [0.2, 0.25) is 0 Å². The quantitative estimate of drug-likeness (QED) is 0.335. The molecular weight excluding hydrogens is 384 g/mol. The number of ether oxygens (including phenoxy) is 1. The van der Waals surface area contributed by atoms with Gasteiger partial charge in [-0.15, -0.1) is 0 Å². The maximum Gasteiger partial charge on any atom is 0.412 e. The Labute approximate surface area is 165 Å². The lowest BCUT2D eigenvalue weighted by atomic mass is 10.2. The zero-order chi connectivity index (χ0) is 22.4. The fraction of sp³-hybridized carbons (Fsp3) is 0.235. The van der Waals surface area contributed by atoms with Gasteiger partial charge in [-0.05, 0) is 39.0 Å². The Morgan fingerprint density at radius 1 is 0.862 bits per heavy atom. The molecule has 0 fully saturated rings. The molecule has 0 bridgehead atoms. The van der Waals surface area contributed by atoms with Crippen LogP contribution in [0.3, 0.4) is 0 Å². The highest BCUT2D eigenvalue weighted by molar-refractivity contribution is 5.86. The van der Waals surface area contributed by atoms with Gasteiger partial charge in [-0.1, -0.05) is 0 Å². The van der Waals surface area contributed by atoms with Crippen LogP contribution >= 0.6 is 0 Å². The van der Waals surface area contributed by atoms with E-state index in [0.717, 1.165) is 18.2 Å². The van der Waals surface area contributed by atoms with Crippen molar-refractivity contribution in [1.29, 1.82) is 0 Å². The predicted molar refractivity (Wildman–Crippen MR) is 109 cm³/mol. The van der Waals surface area contributed by atoms with Crippen LogP contribution in [0.1, 0.15) is 20.8 Å². The van der Waals surface area contributed by atoms with Crippen molar-refractivity contribution < 1.29 is 19.4 Å². The third-order valence-electron chi connectivity index (χ3n) is 2.97. The van der Waals surface area contributed by atoms with Crippen LogP contribution in [0.4, 0.5) is 38.9 Å². The number of non-ortho nitro benzene ring substituents is 2. The summed E-state index contributed by atoms with van der Waals surface area (Å²) in [6.07, 6.45) is -0.530. The number of hydrogen-bond donors (Lipinski definition) is 4. The number of nitrogens with zero attached hydrogens (tertiary/aromatic N) is 2. The monoisotopic (exact) mass is 406 g/mol. The standard InChI is InChI=1S/C11H17N3O2.C6H5N3O4/c1-11(2,3)16-10(15)14-9-5-7(12)4-8(13)6-9;7-4-1-5(8(10)11)3-6(2-4)9(12)13/h4-6H,12-13H2,1-3H3,(H,14,15);1-3H,7H2. The number of hydrogen-bond acceptors (Lipinski definition) is 9. The van der Waals surface area contributed by atoms with Gasteiger partial charge in [-0.25, -0.2) is 4.79 Å². The van der Waals surface area contributed by atoms with Crippen molar-refractivity contribution in [3.05, 3.63) is 56.6 Å². The third-order valence-corrected chi connectivity index (χ3v) is 2.97. The molecule has 0 atom stereocenters. The van der Waals surface area contributed by atoms with E-state index in [2.05, 4.69) is 5.32 Å². The second kappa shape index (κ2) is 9.21. The Morgan fingerprint density at radius 3 is 1.66 bits per heavy atom. The highest BCUT2D eigenvalue weighted by Gasteiger charge is 2.16. The summed E-state index contributed by atoms with van der Waals surface area (Å²) < 4.78 is 5.09. The van der Waals surface area contributed by atoms with Gasteiger partial charge in [0.1, 0.15) is 5.60 Å². The Morgan fingerprint density at radius 2 is 1.28 bits per heavy atom. The summed E-state index contributed by atoms with van der Waals surface area (Å²) in [5, 5.41) is 23.1. The molecule has 2 aromatic carbocycles. The largest absolute Gasteiger partial charge is 0.444 e. The van der Waals surface area contributed by atoms with Crippen LogP contribution in [0, 0.1) is 20.2 Å². The lowest BCUT2D eigenvalue weighted by Crippen LogP contribution is -2.27. The summed E-state index contributed by atoms with van der Waals surface area (Å²) in [6, 6.07) is 7.82. The number of nitro groups is 2. The second-order valence-corrected chi connectivity index (χ2v) is 6.81. The molecule has 0 saturated heterocycles. The Bertz CT molecular complexity index is 873. The number of nitrogen functional groups attached to an aromatic ring is 3. The molecule has 12 heteroatoms. The lowest BCUT2D eigenvalue weighted by molar-refractivity contribution is -0.394. The zero-order valence-corrected chi connectivity index (χ0v) is 16.0. The summed E-state index contributed by atoms with van der Waals surface area (Å²) in [7, 11) is 0. The fourth-order valence-electron chi connectivity index (χ4n) is 2.00. The van der Waals surface area contributed by atoms with Crippen LogP contribution in [0.5, 0.6) is 0 Å². The van der Waals surface area contributed by atoms with Gasteiger partial charge in [-0.3, -0.25) is 25.5 Å². The van der Waals surface area contributed by atoms with E-state index in [0.29, 0.717) is 17.1 Å². The van der Waals surface area contributed by atoms with Crippen molar-refractivity contribution in [2.24, 2.45) is 0 Å². The number of anilines is 4. The Balaban J connectivity index is 0.000000296. The Kier molecular flexibility index (Phi) is 7.29. The topological polar surface area (TPSA) is 203 Å². The van der Waals surface area contributed by atoms with E-state index in [1.165, 1.54) is 0 Å². The van der Waals surface area contributed by atoms with Gasteiger partial charge in [-0.2, -0.15) is 0 Å². The van der Waals surface area contributed by atoms with Crippen molar-refractivity contribution in [2.45, 2.75) is 26.4 Å². The minimum absolute atomic E-state index is 0.000833. The van der Waals surface area contributed by atoms with Crippen LogP contribution in [0.2, 0.25) is 0 Å². The van der Waals surface area contributed by atoms with Crippen molar-refractivity contribution >= 4 is 40.2 Å². The first kappa shape index (κ1) is 23.0. The summed E-state index contributed by atoms with van der Waals surface area (Å²) >= 11 is 0. The number of nitro benzene ring substituents is 2. The molecule has 2 aromatic rings. The highest BCUT2D eigenvalue weighted by Crippen LogP contribution is 2.23. The molecule has 0 aliphatic heterocycles. The van der Waals surface area contributed by atoms with Gasteiger partial charge in [0.05, 0.1) is 15.9 Å². The molecule has 7 N–H and O–H groups in total.